The Bertz CT molecular complexity index is 3420. The van der Waals surface area contributed by atoms with E-state index < -0.39 is 98.8 Å². The van der Waals surface area contributed by atoms with Crippen molar-refractivity contribution in [1.82, 2.24) is 30.8 Å². The van der Waals surface area contributed by atoms with Crippen LogP contribution < -0.4 is 30.9 Å². The molecule has 488 valence electrons. The summed E-state index contributed by atoms with van der Waals surface area (Å²) in [5.74, 6) is -8.62. The summed E-state index contributed by atoms with van der Waals surface area (Å²) in [7, 11) is 4.18. The molecule has 0 bridgehead atoms. The van der Waals surface area contributed by atoms with Crippen molar-refractivity contribution < 1.29 is 96.1 Å². The Labute approximate surface area is 522 Å². The second-order valence-electron chi connectivity index (χ2n) is 24.5. The number of carbonyl (C=O) groups is 7. The highest BCUT2D eigenvalue weighted by molar-refractivity contribution is 7.86. The summed E-state index contributed by atoms with van der Waals surface area (Å²) in [4.78, 5) is 93.6. The third-order valence-electron chi connectivity index (χ3n) is 14.7. The Hall–Kier alpha value is -7.00. The van der Waals surface area contributed by atoms with Gasteiger partial charge in [-0.25, -0.2) is 21.6 Å². The lowest BCUT2D eigenvalue weighted by molar-refractivity contribution is -0.878. The number of carbonyl (C=O) groups excluding carboxylic acids is 7. The van der Waals surface area contributed by atoms with Gasteiger partial charge in [-0.1, -0.05) is 24.3 Å². The Morgan fingerprint density at radius 3 is 2.00 bits per heavy atom. The number of fused-ring (bicyclic) bond motifs is 2. The molecule has 5 N–H and O–H groups in total. The SMILES string of the molecule is C[NH+](CCCCCC(=O)ON1C(=O)CCC1=O)CCNC(=O)C(CS(=O)(=O)[O-])NC(=O)CNC(=O)C(CS(=O)(=O)[O-])NC(=O)CCCOc1ccc(/C=C/c2cc(CCC[N+](C)(C)C)c3n2[B-](F)(F)[N+]2=C(c4cccs4)C=C(CCC[N+](C)(C)C)C2=C3)cc1. The number of halogens is 2. The van der Waals surface area contributed by atoms with Gasteiger partial charge in [0.2, 0.25) is 23.6 Å². The van der Waals surface area contributed by atoms with E-state index in [1.807, 2.05) is 46.4 Å². The van der Waals surface area contributed by atoms with Crippen molar-refractivity contribution in [2.24, 2.45) is 0 Å². The number of thiophene rings is 1. The van der Waals surface area contributed by atoms with Gasteiger partial charge in [-0.05, 0) is 85.4 Å². The number of hydrogen-bond acceptors (Lipinski definition) is 16. The van der Waals surface area contributed by atoms with Crippen LogP contribution in [-0.4, -0.2) is 222 Å². The smallest absolute Gasteiger partial charge is 0.737 e. The second kappa shape index (κ2) is 31.2. The quantitative estimate of drug-likeness (QED) is 0.0178. The predicted octanol–water partition coefficient (Wildman–Crippen LogP) is 0.998. The van der Waals surface area contributed by atoms with Gasteiger partial charge in [-0.15, -0.1) is 16.4 Å². The van der Waals surface area contributed by atoms with Gasteiger partial charge >= 0.3 is 12.9 Å². The zero-order chi connectivity index (χ0) is 65.5. The molecule has 3 aromatic rings. The first kappa shape index (κ1) is 71.1. The first-order valence-corrected chi connectivity index (χ1v) is 33.5. The monoisotopic (exact) mass is 1300 g/mol. The number of hydroxylamine groups is 2. The van der Waals surface area contributed by atoms with E-state index >= 15 is 8.63 Å². The number of unbranched alkanes of at least 4 members (excludes halogenated alkanes) is 2. The van der Waals surface area contributed by atoms with Gasteiger partial charge in [0, 0.05) is 67.6 Å². The molecule has 0 spiro atoms. The van der Waals surface area contributed by atoms with Crippen LogP contribution in [0.25, 0.3) is 18.2 Å². The maximum Gasteiger partial charge on any atom is 0.737 e. The highest BCUT2D eigenvalue weighted by Crippen LogP contribution is 2.41. The Morgan fingerprint density at radius 2 is 1.39 bits per heavy atom. The molecule has 1 aromatic carbocycles. The first-order valence-electron chi connectivity index (χ1n) is 29.5. The van der Waals surface area contributed by atoms with Crippen molar-refractivity contribution in [3.05, 3.63) is 92.6 Å². The number of benzene rings is 1. The zero-order valence-electron chi connectivity index (χ0n) is 51.3. The molecule has 3 atom stereocenters. The summed E-state index contributed by atoms with van der Waals surface area (Å²) >= 11 is 1.42. The van der Waals surface area contributed by atoms with E-state index in [9.17, 15) is 59.5 Å². The second-order valence-corrected chi connectivity index (χ2v) is 28.3. The highest BCUT2D eigenvalue weighted by atomic mass is 32.2. The number of nitrogens with zero attached hydrogens (tertiary/aromatic N) is 5. The minimum atomic E-state index is -5.15. The van der Waals surface area contributed by atoms with Gasteiger partial charge in [-0.3, -0.25) is 28.8 Å². The molecule has 25 nitrogen and oxygen atoms in total. The van der Waals surface area contributed by atoms with Gasteiger partial charge < -0.3 is 71.4 Å². The average Bonchev–Trinajstić information content (AvgIpc) is 1.67. The molecule has 89 heavy (non-hydrogen) atoms. The van der Waals surface area contributed by atoms with Crippen molar-refractivity contribution in [2.45, 2.75) is 89.1 Å². The van der Waals surface area contributed by atoms with Crippen LogP contribution in [0.4, 0.5) is 8.63 Å². The molecule has 31 heteroatoms. The molecule has 6 rings (SSSR count). The van der Waals surface area contributed by atoms with E-state index in [4.69, 9.17) is 9.57 Å². The van der Waals surface area contributed by atoms with Crippen molar-refractivity contribution in [3.63, 3.8) is 0 Å². The number of hydrogen-bond donors (Lipinski definition) is 5. The predicted molar refractivity (Wildman–Crippen MR) is 327 cm³/mol. The number of rotatable bonds is 36. The van der Waals surface area contributed by atoms with Crippen molar-refractivity contribution in [3.8, 4) is 5.75 Å². The normalized spacial score (nSPS) is 16.1. The average molecular weight is 1300 g/mol. The summed E-state index contributed by atoms with van der Waals surface area (Å²) in [5.41, 5.74) is 4.28. The molecule has 6 amide bonds. The summed E-state index contributed by atoms with van der Waals surface area (Å²) in [6.45, 7) is -2.80. The lowest BCUT2D eigenvalue weighted by Gasteiger charge is -2.31. The Kier molecular flexibility index (Phi) is 24.9. The molecule has 1 fully saturated rings. The van der Waals surface area contributed by atoms with Crippen LogP contribution >= 0.6 is 11.3 Å². The van der Waals surface area contributed by atoms with Crippen LogP contribution in [0.1, 0.15) is 98.0 Å². The van der Waals surface area contributed by atoms with Gasteiger partial charge in [0.05, 0.1) is 132 Å². The molecule has 5 heterocycles. The molecule has 0 radical (unpaired) electrons. The summed E-state index contributed by atoms with van der Waals surface area (Å²) in [6, 6.07) is 8.49. The van der Waals surface area contributed by atoms with Crippen LogP contribution in [0, 0.1) is 0 Å². The fourth-order valence-corrected chi connectivity index (χ4v) is 12.3. The van der Waals surface area contributed by atoms with E-state index in [1.54, 1.807) is 43.5 Å². The molecule has 3 aliphatic heterocycles. The van der Waals surface area contributed by atoms with Crippen molar-refractivity contribution >= 4 is 104 Å². The number of likely N-dealkylation sites (N-methyl/N-ethyl adjacent to an activating group) is 1. The Morgan fingerprint density at radius 1 is 0.775 bits per heavy atom. The molecule has 1 saturated heterocycles. The molecular formula is C58H82BF2N10O15S3+. The minimum Gasteiger partial charge on any atom is -0.748 e. The van der Waals surface area contributed by atoms with Crippen LogP contribution in [0.15, 0.2) is 65.2 Å². The van der Waals surface area contributed by atoms with Crippen LogP contribution in [0.2, 0.25) is 0 Å². The van der Waals surface area contributed by atoms with Crippen LogP contribution in [-0.2, 0) is 65.1 Å². The van der Waals surface area contributed by atoms with Crippen molar-refractivity contribution in [2.75, 3.05) is 107 Å². The third-order valence-corrected chi connectivity index (χ3v) is 17.1. The molecule has 2 aromatic heterocycles. The van der Waals surface area contributed by atoms with Gasteiger partial charge in [0.15, 0.2) is 11.4 Å². The van der Waals surface area contributed by atoms with Crippen LogP contribution in [0.3, 0.4) is 0 Å². The van der Waals surface area contributed by atoms with E-state index in [0.717, 1.165) is 55.8 Å². The number of imide groups is 1. The van der Waals surface area contributed by atoms with E-state index in [1.165, 1.54) is 20.3 Å². The van der Waals surface area contributed by atoms with E-state index in [0.29, 0.717) is 84.4 Å². The fraction of sp³-hybridized carbons (Fsp3) is 0.517. The summed E-state index contributed by atoms with van der Waals surface area (Å²) in [5, 5.41) is 11.0. The third kappa shape index (κ3) is 22.5. The number of amides is 6. The fourth-order valence-electron chi connectivity index (χ4n) is 10.3. The molecule has 3 unspecified atom stereocenters. The minimum absolute atomic E-state index is 0.0198. The van der Waals surface area contributed by atoms with E-state index in [-0.39, 0.29) is 45.3 Å². The lowest BCUT2D eigenvalue weighted by Crippen LogP contribution is -3.09. The number of aryl methyl sites for hydroxylation is 1. The van der Waals surface area contributed by atoms with Crippen molar-refractivity contribution in [1.29, 1.82) is 0 Å². The number of quaternary nitrogens is 3. The molecule has 0 aliphatic carbocycles. The highest BCUT2D eigenvalue weighted by Gasteiger charge is 2.54. The maximum atomic E-state index is 17.5. The van der Waals surface area contributed by atoms with Crippen LogP contribution in [0.5, 0.6) is 5.75 Å². The maximum absolute atomic E-state index is 17.5. The van der Waals surface area contributed by atoms with Gasteiger partial charge in [0.1, 0.15) is 17.8 Å². The molecule has 3 aliphatic rings. The molecular weight excluding hydrogens is 1220 g/mol. The first-order chi connectivity index (χ1) is 41.7. The Balaban J connectivity index is 0.983. The topological polar surface area (TPSA) is 316 Å². The number of ether oxygens (including phenoxy) is 1. The van der Waals surface area contributed by atoms with Gasteiger partial charge in [-0.2, -0.15) is 0 Å². The largest absolute Gasteiger partial charge is 0.748 e. The van der Waals surface area contributed by atoms with Gasteiger partial charge in [0.25, 0.3) is 11.8 Å². The lowest BCUT2D eigenvalue weighted by atomic mass is 9.88. The molecule has 0 saturated carbocycles. The zero-order valence-corrected chi connectivity index (χ0v) is 53.8. The number of nitrogens with one attached hydrogen (secondary N) is 5. The van der Waals surface area contributed by atoms with E-state index in [2.05, 4.69) is 52.9 Å². The standard InChI is InChI=1S/C58H81BF2N10O15S3/c1-66(29-10-8-9-19-56(76)86-69-54(74)26-27-55(69)75)30-28-62-57(77)46(39-88(79,80)81)65-53(73)38-63-58(78)47(40-89(82,83)84)64-52(72)18-13-33-85-45-24-21-41(22-25-45)20-23-44-35-42(15-11-31-70(2,3)4)48-37-49-43(16-12-32-71(5,6)7)36-50(51-17-14-34-87-51)68(49)59(60,61)67(44)48/h14,17,20-25,34-37,46-47H,8-13,15-16,18-19,26-33,38-40H2,1-7H3,(H4-2,62,63,64,65,72,73,77,78,79,80,81,82,83,84)/p+1/b23-20+. The summed E-state index contributed by atoms with van der Waals surface area (Å²) < 4.78 is 115. The summed E-state index contributed by atoms with van der Waals surface area (Å²) in [6.07, 6.45) is 11.5. The number of allylic oxidation sites excluding steroid dienone is 2. The number of aromatic nitrogens is 1.